The van der Waals surface area contributed by atoms with Crippen LogP contribution in [-0.2, 0) is 9.59 Å². The Morgan fingerprint density at radius 1 is 1.07 bits per heavy atom. The van der Waals surface area contributed by atoms with E-state index in [0.717, 1.165) is 17.7 Å². The van der Waals surface area contributed by atoms with E-state index in [2.05, 4.69) is 5.32 Å². The zero-order valence-corrected chi connectivity index (χ0v) is 16.3. The van der Waals surface area contributed by atoms with Crippen molar-refractivity contribution in [2.45, 2.75) is 25.8 Å². The van der Waals surface area contributed by atoms with Gasteiger partial charge in [0.05, 0.1) is 6.04 Å². The molecule has 1 atom stereocenters. The SMILES string of the molecule is CC(NC(=O)C1CCN(C(=O)C=Cc2ccccc2)CC1)c1ccc(F)c(F)c1. The van der Waals surface area contributed by atoms with Crippen molar-refractivity contribution in [1.82, 2.24) is 10.2 Å². The molecule has 2 aromatic rings. The molecule has 0 radical (unpaired) electrons. The number of rotatable bonds is 5. The van der Waals surface area contributed by atoms with E-state index in [1.54, 1.807) is 24.0 Å². The van der Waals surface area contributed by atoms with Gasteiger partial charge in [0.25, 0.3) is 0 Å². The van der Waals surface area contributed by atoms with E-state index in [9.17, 15) is 18.4 Å². The van der Waals surface area contributed by atoms with Gasteiger partial charge in [0.2, 0.25) is 11.8 Å². The van der Waals surface area contributed by atoms with Crippen LogP contribution in [0, 0.1) is 17.6 Å². The van der Waals surface area contributed by atoms with E-state index in [-0.39, 0.29) is 17.7 Å². The smallest absolute Gasteiger partial charge is 0.246 e. The standard InChI is InChI=1S/C23H24F2N2O2/c1-16(19-8-9-20(24)21(25)15-19)26-23(29)18-11-13-27(14-12-18)22(28)10-7-17-5-3-2-4-6-17/h2-10,15-16,18H,11-14H2,1H3,(H,26,29). The number of amides is 2. The van der Waals surface area contributed by atoms with Crippen molar-refractivity contribution < 1.29 is 18.4 Å². The Morgan fingerprint density at radius 3 is 2.41 bits per heavy atom. The van der Waals surface area contributed by atoms with Gasteiger partial charge in [-0.15, -0.1) is 0 Å². The molecule has 0 saturated carbocycles. The fraction of sp³-hybridized carbons (Fsp3) is 0.304. The normalized spacial score (nSPS) is 16.0. The molecule has 3 rings (SSSR count). The highest BCUT2D eigenvalue weighted by Crippen LogP contribution is 2.21. The number of hydrogen-bond donors (Lipinski definition) is 1. The number of carbonyl (C=O) groups is 2. The van der Waals surface area contributed by atoms with Gasteiger partial charge in [-0.05, 0) is 49.1 Å². The maximum atomic E-state index is 13.4. The summed E-state index contributed by atoms with van der Waals surface area (Å²) < 4.78 is 26.5. The summed E-state index contributed by atoms with van der Waals surface area (Å²) in [5.41, 5.74) is 1.47. The average Bonchev–Trinajstić information content (AvgIpc) is 2.74. The molecule has 0 aromatic heterocycles. The van der Waals surface area contributed by atoms with Crippen molar-refractivity contribution in [1.29, 1.82) is 0 Å². The summed E-state index contributed by atoms with van der Waals surface area (Å²) >= 11 is 0. The largest absolute Gasteiger partial charge is 0.349 e. The Hall–Kier alpha value is -3.02. The first-order chi connectivity index (χ1) is 13.9. The van der Waals surface area contributed by atoms with E-state index >= 15 is 0 Å². The van der Waals surface area contributed by atoms with Crippen molar-refractivity contribution >= 4 is 17.9 Å². The molecule has 1 saturated heterocycles. The molecule has 152 valence electrons. The second kappa shape index (κ2) is 9.45. The van der Waals surface area contributed by atoms with Crippen LogP contribution in [0.25, 0.3) is 6.08 Å². The first-order valence-corrected chi connectivity index (χ1v) is 9.71. The Bertz CT molecular complexity index is 891. The molecule has 0 bridgehead atoms. The summed E-state index contributed by atoms with van der Waals surface area (Å²) in [6.45, 7) is 2.75. The quantitative estimate of drug-likeness (QED) is 0.771. The van der Waals surface area contributed by atoms with Crippen LogP contribution in [0.5, 0.6) is 0 Å². The summed E-state index contributed by atoms with van der Waals surface area (Å²) in [6.07, 6.45) is 4.48. The summed E-state index contributed by atoms with van der Waals surface area (Å²) in [5, 5.41) is 2.86. The lowest BCUT2D eigenvalue weighted by Crippen LogP contribution is -2.43. The maximum absolute atomic E-state index is 13.4. The molecule has 1 N–H and O–H groups in total. The Labute approximate surface area is 169 Å². The van der Waals surface area contributed by atoms with Gasteiger partial charge in [0, 0.05) is 25.1 Å². The van der Waals surface area contributed by atoms with E-state index in [1.807, 2.05) is 30.3 Å². The zero-order chi connectivity index (χ0) is 20.8. The van der Waals surface area contributed by atoms with Crippen LogP contribution in [0.1, 0.15) is 36.9 Å². The highest BCUT2D eigenvalue weighted by atomic mass is 19.2. The molecule has 1 heterocycles. The van der Waals surface area contributed by atoms with Crippen molar-refractivity contribution in [2.24, 2.45) is 5.92 Å². The number of halogens is 2. The monoisotopic (exact) mass is 398 g/mol. The molecule has 1 unspecified atom stereocenters. The molecule has 1 fully saturated rings. The van der Waals surface area contributed by atoms with Gasteiger partial charge < -0.3 is 10.2 Å². The Kier molecular flexibility index (Phi) is 6.75. The van der Waals surface area contributed by atoms with Crippen LogP contribution in [0.2, 0.25) is 0 Å². The third-order valence-corrected chi connectivity index (χ3v) is 5.20. The van der Waals surface area contributed by atoms with Crippen LogP contribution in [-0.4, -0.2) is 29.8 Å². The number of piperidine rings is 1. The van der Waals surface area contributed by atoms with Crippen molar-refractivity contribution in [2.75, 3.05) is 13.1 Å². The van der Waals surface area contributed by atoms with E-state index < -0.39 is 17.7 Å². The lowest BCUT2D eigenvalue weighted by Gasteiger charge is -2.31. The summed E-state index contributed by atoms with van der Waals surface area (Å²) in [7, 11) is 0. The van der Waals surface area contributed by atoms with Gasteiger partial charge >= 0.3 is 0 Å². The van der Waals surface area contributed by atoms with Gasteiger partial charge in [-0.1, -0.05) is 36.4 Å². The third kappa shape index (κ3) is 5.50. The van der Waals surface area contributed by atoms with Crippen LogP contribution in [0.3, 0.4) is 0 Å². The Morgan fingerprint density at radius 2 is 1.76 bits per heavy atom. The van der Waals surface area contributed by atoms with E-state index in [4.69, 9.17) is 0 Å². The minimum atomic E-state index is -0.932. The number of likely N-dealkylation sites (tertiary alicyclic amines) is 1. The lowest BCUT2D eigenvalue weighted by molar-refractivity contribution is -0.132. The van der Waals surface area contributed by atoms with Gasteiger partial charge in [-0.3, -0.25) is 9.59 Å². The van der Waals surface area contributed by atoms with Gasteiger partial charge in [0.1, 0.15) is 0 Å². The highest BCUT2D eigenvalue weighted by Gasteiger charge is 2.27. The van der Waals surface area contributed by atoms with Crippen LogP contribution in [0.4, 0.5) is 8.78 Å². The first-order valence-electron chi connectivity index (χ1n) is 9.71. The number of carbonyl (C=O) groups excluding carboxylic acids is 2. The number of hydrogen-bond acceptors (Lipinski definition) is 2. The second-order valence-electron chi connectivity index (χ2n) is 7.25. The van der Waals surface area contributed by atoms with Gasteiger partial charge in [-0.2, -0.15) is 0 Å². The van der Waals surface area contributed by atoms with Crippen molar-refractivity contribution in [3.63, 3.8) is 0 Å². The fourth-order valence-corrected chi connectivity index (χ4v) is 3.40. The molecule has 2 aromatic carbocycles. The molecule has 0 spiro atoms. The lowest BCUT2D eigenvalue weighted by atomic mass is 9.95. The molecular formula is C23H24F2N2O2. The summed E-state index contributed by atoms with van der Waals surface area (Å²) in [6, 6.07) is 12.8. The summed E-state index contributed by atoms with van der Waals surface area (Å²) in [5.74, 6) is -2.24. The van der Waals surface area contributed by atoms with E-state index in [0.29, 0.717) is 31.5 Å². The van der Waals surface area contributed by atoms with Crippen LogP contribution >= 0.6 is 0 Å². The van der Waals surface area contributed by atoms with Crippen LogP contribution in [0.15, 0.2) is 54.6 Å². The number of nitrogens with one attached hydrogen (secondary N) is 1. The van der Waals surface area contributed by atoms with Crippen LogP contribution < -0.4 is 5.32 Å². The predicted molar refractivity (Wildman–Crippen MR) is 108 cm³/mol. The minimum Gasteiger partial charge on any atom is -0.349 e. The minimum absolute atomic E-state index is 0.0668. The van der Waals surface area contributed by atoms with Gasteiger partial charge in [0.15, 0.2) is 11.6 Å². The maximum Gasteiger partial charge on any atom is 0.246 e. The first kappa shape index (κ1) is 20.7. The third-order valence-electron chi connectivity index (χ3n) is 5.20. The highest BCUT2D eigenvalue weighted by molar-refractivity contribution is 5.92. The van der Waals surface area contributed by atoms with Gasteiger partial charge in [-0.25, -0.2) is 8.78 Å². The Balaban J connectivity index is 1.49. The van der Waals surface area contributed by atoms with E-state index in [1.165, 1.54) is 6.07 Å². The molecule has 1 aliphatic rings. The predicted octanol–water partition coefficient (Wildman–Crippen LogP) is 4.09. The molecule has 4 nitrogen and oxygen atoms in total. The molecule has 29 heavy (non-hydrogen) atoms. The molecule has 2 amide bonds. The molecular weight excluding hydrogens is 374 g/mol. The fourth-order valence-electron chi connectivity index (χ4n) is 3.40. The number of nitrogens with zero attached hydrogens (tertiary/aromatic N) is 1. The topological polar surface area (TPSA) is 49.4 Å². The van der Waals surface area contributed by atoms with Crippen molar-refractivity contribution in [3.8, 4) is 0 Å². The van der Waals surface area contributed by atoms with Crippen molar-refractivity contribution in [3.05, 3.63) is 77.4 Å². The summed E-state index contributed by atoms with van der Waals surface area (Å²) in [4.78, 5) is 26.6. The molecule has 0 aliphatic carbocycles. The molecule has 1 aliphatic heterocycles. The molecule has 6 heteroatoms. The second-order valence-corrected chi connectivity index (χ2v) is 7.25. The zero-order valence-electron chi connectivity index (χ0n) is 16.3. The number of benzene rings is 2. The average molecular weight is 398 g/mol.